The molecule has 0 amide bonds. The third-order valence-electron chi connectivity index (χ3n) is 5.17. The number of carbonyl (C=O) groups is 1. The van der Waals surface area contributed by atoms with Crippen molar-refractivity contribution in [1.29, 1.82) is 0 Å². The standard InChI is InChI=1S/C22H44O5S.Na/c1-3-5-7-9-11-12-13-14-16-18-20-27-22(23)21(28(24,25)26)19-17-15-10-8-6-4-2;/h21H,3-20H2,1-2H3,(H,24,25,26);/q;+1/p-1. The Bertz CT molecular complexity index is 468. The molecule has 1 unspecified atom stereocenters. The summed E-state index contributed by atoms with van der Waals surface area (Å²) in [7, 11) is -4.65. The predicted octanol–water partition coefficient (Wildman–Crippen LogP) is 3.12. The number of esters is 1. The quantitative estimate of drug-likeness (QED) is 0.125. The summed E-state index contributed by atoms with van der Waals surface area (Å²) in [6.07, 6.45) is 17.7. The van der Waals surface area contributed by atoms with Crippen LogP contribution in [0.1, 0.15) is 123 Å². The maximum atomic E-state index is 12.0. The van der Waals surface area contributed by atoms with Crippen LogP contribution in [0.5, 0.6) is 0 Å². The van der Waals surface area contributed by atoms with Gasteiger partial charge in [0.1, 0.15) is 15.4 Å². The van der Waals surface area contributed by atoms with E-state index in [1.54, 1.807) is 0 Å². The number of unbranched alkanes of at least 4 members (excludes halogenated alkanes) is 14. The second-order valence-electron chi connectivity index (χ2n) is 7.89. The van der Waals surface area contributed by atoms with Gasteiger partial charge in [0.25, 0.3) is 0 Å². The summed E-state index contributed by atoms with van der Waals surface area (Å²) in [4.78, 5) is 12.0. The Morgan fingerprint density at radius 3 is 1.52 bits per heavy atom. The van der Waals surface area contributed by atoms with Crippen LogP contribution in [0.15, 0.2) is 0 Å². The summed E-state index contributed by atoms with van der Waals surface area (Å²) in [5, 5.41) is -1.54. The maximum Gasteiger partial charge on any atom is 1.00 e. The molecule has 0 saturated carbocycles. The molecule has 0 aromatic rings. The number of hydrogen-bond acceptors (Lipinski definition) is 5. The average molecular weight is 443 g/mol. The molecule has 0 N–H and O–H groups in total. The van der Waals surface area contributed by atoms with Crippen molar-refractivity contribution in [2.75, 3.05) is 6.61 Å². The summed E-state index contributed by atoms with van der Waals surface area (Å²) in [5.41, 5.74) is 0. The van der Waals surface area contributed by atoms with Crippen LogP contribution >= 0.6 is 0 Å². The predicted molar refractivity (Wildman–Crippen MR) is 114 cm³/mol. The summed E-state index contributed by atoms with van der Waals surface area (Å²) >= 11 is 0. The Labute approximate surface area is 202 Å². The van der Waals surface area contributed by atoms with Gasteiger partial charge in [0.05, 0.1) is 6.61 Å². The number of hydrogen-bond donors (Lipinski definition) is 0. The van der Waals surface area contributed by atoms with Gasteiger partial charge < -0.3 is 9.29 Å². The third-order valence-corrected chi connectivity index (χ3v) is 6.30. The zero-order valence-corrected chi connectivity index (χ0v) is 22.1. The smallest absolute Gasteiger partial charge is 0.747 e. The van der Waals surface area contributed by atoms with Crippen LogP contribution in [0, 0.1) is 0 Å². The van der Waals surface area contributed by atoms with Crippen LogP contribution in [0.25, 0.3) is 0 Å². The van der Waals surface area contributed by atoms with Gasteiger partial charge in [-0.1, -0.05) is 110 Å². The SMILES string of the molecule is CCCCCCCCCCCCOC(=O)C(CCCCCCCC)S(=O)(=O)[O-].[Na+]. The van der Waals surface area contributed by atoms with E-state index in [1.165, 1.54) is 44.9 Å². The van der Waals surface area contributed by atoms with E-state index >= 15 is 0 Å². The molecule has 7 heteroatoms. The largest absolute Gasteiger partial charge is 1.00 e. The van der Waals surface area contributed by atoms with Crippen LogP contribution in [-0.2, 0) is 19.6 Å². The van der Waals surface area contributed by atoms with E-state index in [1.807, 2.05) is 0 Å². The Kier molecular flexibility index (Phi) is 23.5. The zero-order chi connectivity index (χ0) is 21.1. The molecule has 0 heterocycles. The van der Waals surface area contributed by atoms with E-state index < -0.39 is 21.3 Å². The minimum absolute atomic E-state index is 0. The Morgan fingerprint density at radius 2 is 1.10 bits per heavy atom. The second kappa shape index (κ2) is 21.6. The first kappa shape index (κ1) is 31.6. The van der Waals surface area contributed by atoms with Crippen molar-refractivity contribution >= 4 is 16.1 Å². The maximum absolute atomic E-state index is 12.0. The van der Waals surface area contributed by atoms with Crippen LogP contribution in [-0.4, -0.2) is 30.8 Å². The fourth-order valence-electron chi connectivity index (χ4n) is 3.35. The summed E-state index contributed by atoms with van der Waals surface area (Å²) < 4.78 is 39.2. The molecule has 0 saturated heterocycles. The summed E-state index contributed by atoms with van der Waals surface area (Å²) in [5.74, 6) is -0.862. The van der Waals surface area contributed by atoms with Gasteiger partial charge in [-0.3, -0.25) is 4.79 Å². The van der Waals surface area contributed by atoms with E-state index in [9.17, 15) is 17.8 Å². The van der Waals surface area contributed by atoms with Crippen molar-refractivity contribution in [2.24, 2.45) is 0 Å². The molecule has 0 fully saturated rings. The zero-order valence-electron chi connectivity index (χ0n) is 19.3. The van der Waals surface area contributed by atoms with Gasteiger partial charge in [-0.05, 0) is 12.8 Å². The van der Waals surface area contributed by atoms with Gasteiger partial charge in [-0.25, -0.2) is 8.42 Å². The third kappa shape index (κ3) is 20.1. The molecule has 168 valence electrons. The summed E-state index contributed by atoms with van der Waals surface area (Å²) in [6.45, 7) is 4.55. The molecule has 5 nitrogen and oxygen atoms in total. The average Bonchev–Trinajstić information content (AvgIpc) is 2.64. The summed E-state index contributed by atoms with van der Waals surface area (Å²) in [6, 6.07) is 0. The van der Waals surface area contributed by atoms with E-state index in [0.717, 1.165) is 51.4 Å². The van der Waals surface area contributed by atoms with Crippen molar-refractivity contribution in [3.63, 3.8) is 0 Å². The topological polar surface area (TPSA) is 83.5 Å². The Morgan fingerprint density at radius 1 is 0.724 bits per heavy atom. The monoisotopic (exact) mass is 442 g/mol. The number of rotatable bonds is 20. The number of carbonyl (C=O) groups excluding carboxylic acids is 1. The molecule has 0 rings (SSSR count). The molecule has 0 aliphatic carbocycles. The van der Waals surface area contributed by atoms with Gasteiger partial charge in [-0.2, -0.15) is 0 Å². The second-order valence-corrected chi connectivity index (χ2v) is 9.44. The first-order valence-corrected chi connectivity index (χ1v) is 13.0. The minimum Gasteiger partial charge on any atom is -0.747 e. The van der Waals surface area contributed by atoms with E-state index in [2.05, 4.69) is 13.8 Å². The molecule has 1 atom stereocenters. The molecule has 29 heavy (non-hydrogen) atoms. The fourth-order valence-corrected chi connectivity index (χ4v) is 4.10. The molecule has 0 spiro atoms. The van der Waals surface area contributed by atoms with E-state index in [4.69, 9.17) is 4.74 Å². The Balaban J connectivity index is 0. The molecule has 0 aliphatic rings. The van der Waals surface area contributed by atoms with Gasteiger partial charge in [0.2, 0.25) is 0 Å². The first-order chi connectivity index (χ1) is 13.4. The van der Waals surface area contributed by atoms with Crippen molar-refractivity contribution < 1.29 is 52.1 Å². The first-order valence-electron chi connectivity index (χ1n) is 11.5. The molecule has 0 bridgehead atoms. The molecule has 0 aliphatic heterocycles. The van der Waals surface area contributed by atoms with Crippen LogP contribution in [0.3, 0.4) is 0 Å². The Hall–Kier alpha value is 0.380. The van der Waals surface area contributed by atoms with Gasteiger partial charge in [0, 0.05) is 0 Å². The van der Waals surface area contributed by atoms with Crippen LogP contribution in [0.2, 0.25) is 0 Å². The van der Waals surface area contributed by atoms with Gasteiger partial charge >= 0.3 is 35.5 Å². The molecule has 0 aromatic carbocycles. The van der Waals surface area contributed by atoms with Gasteiger partial charge in [-0.15, -0.1) is 0 Å². The van der Waals surface area contributed by atoms with Crippen molar-refractivity contribution in [3.05, 3.63) is 0 Å². The molecule has 0 radical (unpaired) electrons. The van der Waals surface area contributed by atoms with Crippen LogP contribution < -0.4 is 29.6 Å². The van der Waals surface area contributed by atoms with Crippen molar-refractivity contribution in [2.45, 2.75) is 128 Å². The molecular weight excluding hydrogens is 399 g/mol. The van der Waals surface area contributed by atoms with Crippen molar-refractivity contribution in [3.8, 4) is 0 Å². The van der Waals surface area contributed by atoms with Crippen LogP contribution in [0.4, 0.5) is 0 Å². The molecule has 0 aromatic heterocycles. The van der Waals surface area contributed by atoms with E-state index in [0.29, 0.717) is 6.42 Å². The normalized spacial score (nSPS) is 12.4. The number of ether oxygens (including phenoxy) is 1. The fraction of sp³-hybridized carbons (Fsp3) is 0.955. The van der Waals surface area contributed by atoms with Crippen molar-refractivity contribution in [1.82, 2.24) is 0 Å². The minimum atomic E-state index is -4.65. The van der Waals surface area contributed by atoms with Gasteiger partial charge in [0.15, 0.2) is 0 Å². The van der Waals surface area contributed by atoms with E-state index in [-0.39, 0.29) is 42.6 Å². The molecular formula is C22H43NaO5S.